The molecule has 0 saturated carbocycles. The smallest absolute Gasteiger partial charge is 0.408 e. The molecule has 4 N–H and O–H groups in total. The molecule has 36 heavy (non-hydrogen) atoms. The number of hydrogen-bond donors (Lipinski definition) is 3. The summed E-state index contributed by atoms with van der Waals surface area (Å²) in [6.45, 7) is 18.2. The number of aryl methyl sites for hydroxylation is 2. The van der Waals surface area contributed by atoms with Crippen LogP contribution in [0.1, 0.15) is 77.1 Å². The predicted octanol–water partition coefficient (Wildman–Crippen LogP) is 3.43. The summed E-state index contributed by atoms with van der Waals surface area (Å²) in [5.41, 5.74) is 6.46. The summed E-state index contributed by atoms with van der Waals surface area (Å²) in [6.07, 6.45) is 0.501. The normalized spacial score (nSPS) is 13.2. The molecule has 0 fully saturated rings. The summed E-state index contributed by atoms with van der Waals surface area (Å²) in [5, 5.41) is 5.52. The highest BCUT2D eigenvalue weighted by atomic mass is 16.6. The van der Waals surface area contributed by atoms with Gasteiger partial charge in [0.2, 0.25) is 17.7 Å². The summed E-state index contributed by atoms with van der Waals surface area (Å²) in [7, 11) is 0. The molecule has 0 radical (unpaired) electrons. The molecule has 0 aliphatic rings. The number of carbonyl (C=O) groups is 4. The fraction of sp³-hybridized carbons (Fsp3) is 0.556. The molecule has 0 aliphatic heterocycles. The first kappa shape index (κ1) is 30.7. The first-order valence-corrected chi connectivity index (χ1v) is 12.0. The second-order valence-electron chi connectivity index (χ2n) is 11.0. The Morgan fingerprint density at radius 3 is 2.19 bits per heavy atom. The average molecular weight is 503 g/mol. The molecule has 0 spiro atoms. The molecule has 2 atom stereocenters. The van der Waals surface area contributed by atoms with E-state index in [-0.39, 0.29) is 25.3 Å². The van der Waals surface area contributed by atoms with Gasteiger partial charge in [0, 0.05) is 18.5 Å². The van der Waals surface area contributed by atoms with E-state index in [0.29, 0.717) is 5.56 Å². The van der Waals surface area contributed by atoms with Crippen LogP contribution in [0.15, 0.2) is 30.9 Å². The highest BCUT2D eigenvalue weighted by molar-refractivity contribution is 5.93. The molecular weight excluding hydrogens is 460 g/mol. The lowest BCUT2D eigenvalue weighted by atomic mass is 9.95. The SMILES string of the molecule is C=CCN(C(=O)C(CCC(N)=O)NC(=O)OC(C)(C)C)C(C(=O)NC(C)(C)C)c1ccc(C)cc1C. The Balaban J connectivity index is 3.55. The average Bonchev–Trinajstić information content (AvgIpc) is 2.68. The van der Waals surface area contributed by atoms with E-state index in [2.05, 4.69) is 17.2 Å². The van der Waals surface area contributed by atoms with E-state index in [4.69, 9.17) is 10.5 Å². The summed E-state index contributed by atoms with van der Waals surface area (Å²) in [5.74, 6) is -1.56. The fourth-order valence-electron chi connectivity index (χ4n) is 3.68. The van der Waals surface area contributed by atoms with Crippen LogP contribution in [0.2, 0.25) is 0 Å². The Hall–Kier alpha value is -3.36. The molecule has 9 heteroatoms. The topological polar surface area (TPSA) is 131 Å². The van der Waals surface area contributed by atoms with E-state index in [1.807, 2.05) is 52.8 Å². The third-order valence-electron chi connectivity index (χ3n) is 5.06. The van der Waals surface area contributed by atoms with Crippen LogP contribution in [0.3, 0.4) is 0 Å². The number of alkyl carbamates (subject to hydrolysis) is 1. The Bertz CT molecular complexity index is 975. The summed E-state index contributed by atoms with van der Waals surface area (Å²) >= 11 is 0. The standard InChI is InChI=1S/C27H42N4O5/c1-10-15-31(24(34)20(13-14-21(28)32)29-25(35)36-27(7,8)9)22(23(33)30-26(4,5)6)19-12-11-17(2)16-18(19)3/h10-12,16,20,22H,1,13-15H2,2-9H3,(H2,28,32)(H,29,35)(H,30,33). The Morgan fingerprint density at radius 1 is 1.11 bits per heavy atom. The van der Waals surface area contributed by atoms with Crippen LogP contribution in [0.5, 0.6) is 0 Å². The number of rotatable bonds is 10. The quantitative estimate of drug-likeness (QED) is 0.422. The number of nitrogens with one attached hydrogen (secondary N) is 2. The van der Waals surface area contributed by atoms with Gasteiger partial charge in [-0.15, -0.1) is 6.58 Å². The largest absolute Gasteiger partial charge is 0.444 e. The number of nitrogens with zero attached hydrogens (tertiary/aromatic N) is 1. The Morgan fingerprint density at radius 2 is 1.72 bits per heavy atom. The molecule has 0 heterocycles. The zero-order valence-corrected chi connectivity index (χ0v) is 22.9. The first-order chi connectivity index (χ1) is 16.4. The van der Waals surface area contributed by atoms with Gasteiger partial charge >= 0.3 is 6.09 Å². The summed E-state index contributed by atoms with van der Waals surface area (Å²) in [4.78, 5) is 52.9. The van der Waals surface area contributed by atoms with Crippen LogP contribution in [-0.2, 0) is 19.1 Å². The van der Waals surface area contributed by atoms with Gasteiger partial charge in [-0.2, -0.15) is 0 Å². The predicted molar refractivity (Wildman–Crippen MR) is 140 cm³/mol. The number of carbonyl (C=O) groups excluding carboxylic acids is 4. The van der Waals surface area contributed by atoms with Gasteiger partial charge in [-0.3, -0.25) is 14.4 Å². The van der Waals surface area contributed by atoms with Crippen molar-refractivity contribution in [2.24, 2.45) is 5.73 Å². The van der Waals surface area contributed by atoms with Gasteiger partial charge in [-0.25, -0.2) is 4.79 Å². The van der Waals surface area contributed by atoms with Crippen molar-refractivity contribution in [3.63, 3.8) is 0 Å². The van der Waals surface area contributed by atoms with Gasteiger partial charge < -0.3 is 26.0 Å². The molecular formula is C27H42N4O5. The van der Waals surface area contributed by atoms with Crippen molar-refractivity contribution >= 4 is 23.8 Å². The monoisotopic (exact) mass is 502 g/mol. The van der Waals surface area contributed by atoms with Gasteiger partial charge in [0.15, 0.2) is 0 Å². The molecule has 9 nitrogen and oxygen atoms in total. The van der Waals surface area contributed by atoms with E-state index in [1.54, 1.807) is 20.8 Å². The van der Waals surface area contributed by atoms with Crippen molar-refractivity contribution in [3.8, 4) is 0 Å². The number of nitrogens with two attached hydrogens (primary N) is 1. The second kappa shape index (κ2) is 12.6. The molecule has 0 bridgehead atoms. The molecule has 0 saturated heterocycles. The molecule has 1 rings (SSSR count). The highest BCUT2D eigenvalue weighted by Crippen LogP contribution is 2.27. The molecule has 2 unspecified atom stereocenters. The molecule has 1 aromatic rings. The van der Waals surface area contributed by atoms with E-state index in [9.17, 15) is 19.2 Å². The van der Waals surface area contributed by atoms with Gasteiger partial charge in [-0.1, -0.05) is 29.8 Å². The Kier molecular flexibility index (Phi) is 10.7. The lowest BCUT2D eigenvalue weighted by Crippen LogP contribution is -2.55. The van der Waals surface area contributed by atoms with Crippen LogP contribution in [0.25, 0.3) is 0 Å². The molecule has 0 aliphatic carbocycles. The van der Waals surface area contributed by atoms with Crippen LogP contribution < -0.4 is 16.4 Å². The van der Waals surface area contributed by atoms with Crippen LogP contribution in [-0.4, -0.2) is 52.4 Å². The van der Waals surface area contributed by atoms with Crippen LogP contribution >= 0.6 is 0 Å². The van der Waals surface area contributed by atoms with Crippen LogP contribution in [0.4, 0.5) is 4.79 Å². The minimum absolute atomic E-state index is 0.0252. The van der Waals surface area contributed by atoms with Crippen molar-refractivity contribution in [2.75, 3.05) is 6.54 Å². The number of hydrogen-bond acceptors (Lipinski definition) is 5. The third-order valence-corrected chi connectivity index (χ3v) is 5.06. The van der Waals surface area contributed by atoms with Crippen molar-refractivity contribution < 1.29 is 23.9 Å². The van der Waals surface area contributed by atoms with E-state index in [1.165, 1.54) is 11.0 Å². The van der Waals surface area contributed by atoms with E-state index in [0.717, 1.165) is 11.1 Å². The second-order valence-corrected chi connectivity index (χ2v) is 11.0. The fourth-order valence-corrected chi connectivity index (χ4v) is 3.68. The summed E-state index contributed by atoms with van der Waals surface area (Å²) in [6, 6.07) is 3.47. The maximum atomic E-state index is 13.9. The zero-order valence-electron chi connectivity index (χ0n) is 22.9. The van der Waals surface area contributed by atoms with Gasteiger partial charge in [0.05, 0.1) is 0 Å². The third kappa shape index (κ3) is 10.1. The number of ether oxygens (including phenoxy) is 1. The maximum absolute atomic E-state index is 13.9. The van der Waals surface area contributed by atoms with E-state index >= 15 is 0 Å². The lowest BCUT2D eigenvalue weighted by molar-refractivity contribution is -0.142. The minimum atomic E-state index is -1.15. The zero-order chi connectivity index (χ0) is 27.8. The number of primary amides is 1. The molecule has 200 valence electrons. The van der Waals surface area contributed by atoms with Crippen molar-refractivity contribution in [1.82, 2.24) is 15.5 Å². The maximum Gasteiger partial charge on any atom is 0.408 e. The van der Waals surface area contributed by atoms with Crippen molar-refractivity contribution in [2.45, 2.75) is 91.5 Å². The summed E-state index contributed by atoms with van der Waals surface area (Å²) < 4.78 is 5.32. The van der Waals surface area contributed by atoms with Gasteiger partial charge in [-0.05, 0) is 72.9 Å². The van der Waals surface area contributed by atoms with E-state index < -0.39 is 41.1 Å². The van der Waals surface area contributed by atoms with Gasteiger partial charge in [0.25, 0.3) is 0 Å². The number of benzene rings is 1. The van der Waals surface area contributed by atoms with Crippen molar-refractivity contribution in [1.29, 1.82) is 0 Å². The van der Waals surface area contributed by atoms with Crippen molar-refractivity contribution in [3.05, 3.63) is 47.5 Å². The molecule has 0 aromatic heterocycles. The van der Waals surface area contributed by atoms with Gasteiger partial charge in [0.1, 0.15) is 17.7 Å². The first-order valence-electron chi connectivity index (χ1n) is 12.0. The lowest BCUT2D eigenvalue weighted by Gasteiger charge is -2.36. The minimum Gasteiger partial charge on any atom is -0.444 e. The number of amides is 4. The highest BCUT2D eigenvalue weighted by Gasteiger charge is 2.37. The van der Waals surface area contributed by atoms with Crippen LogP contribution in [0, 0.1) is 13.8 Å². The Labute approximate surface area is 214 Å². The molecule has 1 aromatic carbocycles. The molecule has 4 amide bonds.